The van der Waals surface area contributed by atoms with Crippen LogP contribution in [0.15, 0.2) is 48.8 Å². The van der Waals surface area contributed by atoms with E-state index >= 15 is 0 Å². The number of carbonyl (C=O) groups is 1. The highest BCUT2D eigenvalue weighted by atomic mass is 19.1. The molecule has 1 saturated heterocycles. The Morgan fingerprint density at radius 1 is 1.24 bits per heavy atom. The fourth-order valence-electron chi connectivity index (χ4n) is 4.51. The molecule has 1 amide bonds. The van der Waals surface area contributed by atoms with E-state index in [-0.39, 0.29) is 30.3 Å². The third-order valence-corrected chi connectivity index (χ3v) is 6.47. The van der Waals surface area contributed by atoms with Crippen molar-refractivity contribution in [2.45, 2.75) is 5.41 Å². The number of amides is 1. The molecule has 9 heteroatoms. The van der Waals surface area contributed by atoms with Gasteiger partial charge in [0.15, 0.2) is 0 Å². The van der Waals surface area contributed by atoms with Gasteiger partial charge in [-0.3, -0.25) is 4.79 Å². The van der Waals surface area contributed by atoms with Crippen molar-refractivity contribution < 1.29 is 23.8 Å². The van der Waals surface area contributed by atoms with Crippen LogP contribution in [-0.2, 0) is 10.2 Å². The average molecular weight is 464 g/mol. The number of hydrogen-bond donors (Lipinski definition) is 1. The molecule has 2 aliphatic heterocycles. The summed E-state index contributed by atoms with van der Waals surface area (Å²) in [4.78, 5) is 25.3. The third kappa shape index (κ3) is 3.66. The molecule has 3 aromatic rings. The Bertz CT molecular complexity index is 1230. The van der Waals surface area contributed by atoms with Crippen molar-refractivity contribution in [3.05, 3.63) is 65.7 Å². The maximum Gasteiger partial charge on any atom is 0.253 e. The molecule has 1 fully saturated rings. The van der Waals surface area contributed by atoms with Crippen molar-refractivity contribution >= 4 is 17.5 Å². The van der Waals surface area contributed by atoms with Gasteiger partial charge in [0.05, 0.1) is 32.3 Å². The Hall–Kier alpha value is -3.56. The molecule has 3 heterocycles. The van der Waals surface area contributed by atoms with Gasteiger partial charge in [0.1, 0.15) is 11.6 Å². The van der Waals surface area contributed by atoms with E-state index in [1.807, 2.05) is 23.1 Å². The number of rotatable bonds is 6. The van der Waals surface area contributed by atoms with Crippen molar-refractivity contribution in [1.82, 2.24) is 14.9 Å². The van der Waals surface area contributed by atoms with E-state index in [1.54, 1.807) is 31.6 Å². The standard InChI is InChI=1S/C25H25FN4O4/c1-29(7-8-31)23(32)16-3-5-20-22(9-16)30(13-25(20)14-34-15-25)24-27-11-17(12-28-24)19-10-18(33-2)4-6-21(19)26/h3-6,9-12,31H,7-8,13-15H2,1-2H3. The zero-order valence-electron chi connectivity index (χ0n) is 19.0. The van der Waals surface area contributed by atoms with Crippen LogP contribution in [0.3, 0.4) is 0 Å². The monoisotopic (exact) mass is 464 g/mol. The minimum Gasteiger partial charge on any atom is -0.497 e. The lowest BCUT2D eigenvalue weighted by atomic mass is 9.80. The lowest BCUT2D eigenvalue weighted by Gasteiger charge is -2.38. The normalized spacial score (nSPS) is 15.7. The largest absolute Gasteiger partial charge is 0.497 e. The average Bonchev–Trinajstić information content (AvgIpc) is 3.19. The highest BCUT2D eigenvalue weighted by Gasteiger charge is 2.49. The molecule has 0 atom stereocenters. The van der Waals surface area contributed by atoms with Crippen LogP contribution in [0.25, 0.3) is 11.1 Å². The summed E-state index contributed by atoms with van der Waals surface area (Å²) >= 11 is 0. The number of aliphatic hydroxyl groups excluding tert-OH is 1. The number of halogens is 1. The number of aliphatic hydroxyl groups is 1. The first-order valence-electron chi connectivity index (χ1n) is 11.0. The number of nitrogens with zero attached hydrogens (tertiary/aromatic N) is 4. The zero-order valence-corrected chi connectivity index (χ0v) is 19.0. The first-order valence-corrected chi connectivity index (χ1v) is 11.0. The van der Waals surface area contributed by atoms with Gasteiger partial charge in [0.25, 0.3) is 5.91 Å². The number of aromatic nitrogens is 2. The molecular weight excluding hydrogens is 439 g/mol. The van der Waals surface area contributed by atoms with E-state index in [4.69, 9.17) is 9.47 Å². The molecule has 2 aliphatic rings. The number of benzene rings is 2. The molecule has 34 heavy (non-hydrogen) atoms. The summed E-state index contributed by atoms with van der Waals surface area (Å²) in [5.41, 5.74) is 3.19. The Kier molecular flexibility index (Phi) is 5.66. The molecule has 5 rings (SSSR count). The Morgan fingerprint density at radius 2 is 2.00 bits per heavy atom. The topological polar surface area (TPSA) is 88.0 Å². The van der Waals surface area contributed by atoms with Crippen LogP contribution in [-0.4, -0.2) is 72.9 Å². The second-order valence-corrected chi connectivity index (χ2v) is 8.66. The Morgan fingerprint density at radius 3 is 2.65 bits per heavy atom. The summed E-state index contributed by atoms with van der Waals surface area (Å²) in [6.45, 7) is 1.94. The van der Waals surface area contributed by atoms with Crippen molar-refractivity contribution in [3.8, 4) is 16.9 Å². The van der Waals surface area contributed by atoms with Gasteiger partial charge in [0, 0.05) is 54.9 Å². The van der Waals surface area contributed by atoms with Crippen LogP contribution in [0.4, 0.5) is 16.0 Å². The lowest BCUT2D eigenvalue weighted by molar-refractivity contribution is -0.0507. The zero-order chi connectivity index (χ0) is 23.9. The van der Waals surface area contributed by atoms with E-state index < -0.39 is 0 Å². The summed E-state index contributed by atoms with van der Waals surface area (Å²) in [5.74, 6) is 0.450. The van der Waals surface area contributed by atoms with Crippen LogP contribution in [0, 0.1) is 5.82 Å². The maximum absolute atomic E-state index is 14.4. The summed E-state index contributed by atoms with van der Waals surface area (Å²) in [6, 6.07) is 10.2. The summed E-state index contributed by atoms with van der Waals surface area (Å²) in [7, 11) is 3.19. The van der Waals surface area contributed by atoms with E-state index in [2.05, 4.69) is 9.97 Å². The SMILES string of the molecule is COc1ccc(F)c(-c2cnc(N3CC4(COC4)c4ccc(C(=O)N(C)CCO)cc43)nc2)c1. The predicted molar refractivity (Wildman–Crippen MR) is 124 cm³/mol. The van der Waals surface area contributed by atoms with Crippen molar-refractivity contribution in [2.24, 2.45) is 0 Å². The van der Waals surface area contributed by atoms with Gasteiger partial charge < -0.3 is 24.4 Å². The molecule has 1 spiro atoms. The second kappa shape index (κ2) is 8.66. The van der Waals surface area contributed by atoms with Gasteiger partial charge in [-0.05, 0) is 35.9 Å². The number of carbonyl (C=O) groups excluding carboxylic acids is 1. The quantitative estimate of drug-likeness (QED) is 0.600. The van der Waals surface area contributed by atoms with Gasteiger partial charge in [0.2, 0.25) is 5.95 Å². The van der Waals surface area contributed by atoms with Crippen LogP contribution >= 0.6 is 0 Å². The number of ether oxygens (including phenoxy) is 2. The number of likely N-dealkylation sites (N-methyl/N-ethyl adjacent to an activating group) is 1. The molecule has 0 aliphatic carbocycles. The van der Waals surface area contributed by atoms with E-state index in [1.165, 1.54) is 18.1 Å². The molecular formula is C25H25FN4O4. The number of anilines is 2. The third-order valence-electron chi connectivity index (χ3n) is 6.47. The number of fused-ring (bicyclic) bond motifs is 2. The smallest absolute Gasteiger partial charge is 0.253 e. The van der Waals surface area contributed by atoms with Crippen LogP contribution in [0.1, 0.15) is 15.9 Å². The summed E-state index contributed by atoms with van der Waals surface area (Å²) in [5, 5.41) is 9.17. The van der Waals surface area contributed by atoms with Crippen molar-refractivity contribution in [1.29, 1.82) is 0 Å². The van der Waals surface area contributed by atoms with Crippen LogP contribution in [0.5, 0.6) is 5.75 Å². The molecule has 2 aromatic carbocycles. The molecule has 1 N–H and O–H groups in total. The minimum atomic E-state index is -0.385. The fraction of sp³-hybridized carbons (Fsp3) is 0.320. The Balaban J connectivity index is 1.49. The first kappa shape index (κ1) is 22.2. The van der Waals surface area contributed by atoms with E-state index in [9.17, 15) is 14.3 Å². The first-order chi connectivity index (χ1) is 16.5. The lowest BCUT2D eigenvalue weighted by Crippen LogP contribution is -2.49. The Labute approximate surface area is 196 Å². The van der Waals surface area contributed by atoms with E-state index in [0.717, 1.165) is 11.3 Å². The highest BCUT2D eigenvalue weighted by Crippen LogP contribution is 2.48. The molecule has 0 bridgehead atoms. The molecule has 0 saturated carbocycles. The van der Waals surface area contributed by atoms with Gasteiger partial charge in [-0.1, -0.05) is 6.07 Å². The number of hydrogen-bond acceptors (Lipinski definition) is 7. The van der Waals surface area contributed by atoms with Crippen LogP contribution in [0.2, 0.25) is 0 Å². The molecule has 176 valence electrons. The van der Waals surface area contributed by atoms with Crippen LogP contribution < -0.4 is 9.64 Å². The maximum atomic E-state index is 14.4. The fourth-order valence-corrected chi connectivity index (χ4v) is 4.51. The van der Waals surface area contributed by atoms with Gasteiger partial charge in [-0.2, -0.15) is 0 Å². The van der Waals surface area contributed by atoms with Crippen molar-refractivity contribution in [2.75, 3.05) is 52.0 Å². The molecule has 8 nitrogen and oxygen atoms in total. The highest BCUT2D eigenvalue weighted by molar-refractivity contribution is 5.96. The molecule has 1 aromatic heterocycles. The minimum absolute atomic E-state index is 0.103. The van der Waals surface area contributed by atoms with Gasteiger partial charge in [-0.25, -0.2) is 14.4 Å². The predicted octanol–water partition coefficient (Wildman–Crippen LogP) is 2.78. The van der Waals surface area contributed by atoms with E-state index in [0.29, 0.717) is 48.1 Å². The van der Waals surface area contributed by atoms with Gasteiger partial charge >= 0.3 is 0 Å². The molecule has 0 unspecified atom stereocenters. The molecule has 0 radical (unpaired) electrons. The van der Waals surface area contributed by atoms with Gasteiger partial charge in [-0.15, -0.1) is 0 Å². The number of methoxy groups -OCH3 is 1. The summed E-state index contributed by atoms with van der Waals surface area (Å²) < 4.78 is 25.1. The summed E-state index contributed by atoms with van der Waals surface area (Å²) in [6.07, 6.45) is 3.18. The van der Waals surface area contributed by atoms with Crippen molar-refractivity contribution in [3.63, 3.8) is 0 Å². The second-order valence-electron chi connectivity index (χ2n) is 8.66.